The lowest BCUT2D eigenvalue weighted by Crippen LogP contribution is -2.20. The summed E-state index contributed by atoms with van der Waals surface area (Å²) in [6.07, 6.45) is 5.70. The van der Waals surface area contributed by atoms with Crippen molar-refractivity contribution in [2.45, 2.75) is 13.1 Å². The molecule has 0 fully saturated rings. The molecule has 0 atom stereocenters. The zero-order chi connectivity index (χ0) is 13.6. The number of hydrogen-bond acceptors (Lipinski definition) is 4. The lowest BCUT2D eigenvalue weighted by atomic mass is 10.3. The van der Waals surface area contributed by atoms with E-state index in [0.717, 1.165) is 31.2 Å². The monoisotopic (exact) mass is 284 g/mol. The average molecular weight is 284 g/mol. The van der Waals surface area contributed by atoms with Gasteiger partial charge in [0.25, 0.3) is 0 Å². The Balaban J connectivity index is 1.53. The molecule has 0 saturated heterocycles. The summed E-state index contributed by atoms with van der Waals surface area (Å²) < 4.78 is 2.18. The zero-order valence-electron chi connectivity index (χ0n) is 11.1. The second-order valence-corrected chi connectivity index (χ2v) is 5.37. The maximum atomic E-state index is 4.43. The standard InChI is InChI=1S/C15H16N4S/c1-2-6-17-13(4-1)12-16-7-9-19-10-8-18-15(19)14-5-3-11-20-14/h1-6,8,10-11,16H,7,9,12H2. The van der Waals surface area contributed by atoms with Crippen LogP contribution in [0, 0.1) is 0 Å². The van der Waals surface area contributed by atoms with E-state index in [9.17, 15) is 0 Å². The van der Waals surface area contributed by atoms with Gasteiger partial charge in [-0.3, -0.25) is 4.98 Å². The number of aromatic nitrogens is 3. The Kier molecular flexibility index (Phi) is 4.20. The summed E-state index contributed by atoms with van der Waals surface area (Å²) >= 11 is 1.72. The molecule has 0 aliphatic heterocycles. The normalized spacial score (nSPS) is 10.8. The van der Waals surface area contributed by atoms with Crippen molar-refractivity contribution in [2.24, 2.45) is 0 Å². The molecule has 102 valence electrons. The molecule has 0 amide bonds. The molecular weight excluding hydrogens is 268 g/mol. The Hall–Kier alpha value is -1.98. The van der Waals surface area contributed by atoms with Gasteiger partial charge in [-0.1, -0.05) is 12.1 Å². The SMILES string of the molecule is c1ccc(CNCCn2ccnc2-c2cccs2)nc1. The third-order valence-corrected chi connectivity index (χ3v) is 3.88. The Labute approximate surface area is 122 Å². The molecule has 0 aliphatic carbocycles. The highest BCUT2D eigenvalue weighted by Crippen LogP contribution is 2.22. The van der Waals surface area contributed by atoms with Gasteiger partial charge in [-0.25, -0.2) is 4.98 Å². The average Bonchev–Trinajstić information content (AvgIpc) is 3.15. The summed E-state index contributed by atoms with van der Waals surface area (Å²) in [5.41, 5.74) is 1.07. The van der Waals surface area contributed by atoms with Crippen molar-refractivity contribution in [1.29, 1.82) is 0 Å². The molecule has 3 heterocycles. The Morgan fingerprint density at radius 1 is 1.10 bits per heavy atom. The molecule has 0 aromatic carbocycles. The zero-order valence-corrected chi connectivity index (χ0v) is 11.9. The molecule has 0 bridgehead atoms. The summed E-state index contributed by atoms with van der Waals surface area (Å²) in [7, 11) is 0. The van der Waals surface area contributed by atoms with Crippen LogP contribution in [0.15, 0.2) is 54.3 Å². The first-order valence-corrected chi connectivity index (χ1v) is 7.47. The fraction of sp³-hybridized carbons (Fsp3) is 0.200. The van der Waals surface area contributed by atoms with Crippen LogP contribution in [0.3, 0.4) is 0 Å². The molecule has 3 aromatic rings. The topological polar surface area (TPSA) is 42.7 Å². The first kappa shape index (κ1) is 13.0. The lowest BCUT2D eigenvalue weighted by Gasteiger charge is -2.08. The van der Waals surface area contributed by atoms with E-state index in [1.165, 1.54) is 4.88 Å². The Bertz CT molecular complexity index is 631. The summed E-state index contributed by atoms with van der Waals surface area (Å²) in [5.74, 6) is 1.04. The molecule has 20 heavy (non-hydrogen) atoms. The minimum absolute atomic E-state index is 0.796. The number of rotatable bonds is 6. The molecule has 5 heteroatoms. The van der Waals surface area contributed by atoms with Crippen molar-refractivity contribution in [3.05, 3.63) is 60.0 Å². The summed E-state index contributed by atoms with van der Waals surface area (Å²) in [6, 6.07) is 10.1. The van der Waals surface area contributed by atoms with Crippen LogP contribution in [0.4, 0.5) is 0 Å². The lowest BCUT2D eigenvalue weighted by molar-refractivity contribution is 0.596. The highest BCUT2D eigenvalue weighted by molar-refractivity contribution is 7.13. The molecule has 0 aliphatic rings. The third kappa shape index (κ3) is 3.12. The van der Waals surface area contributed by atoms with Gasteiger partial charge in [0.05, 0.1) is 10.6 Å². The quantitative estimate of drug-likeness (QED) is 0.708. The molecule has 0 spiro atoms. The third-order valence-electron chi connectivity index (χ3n) is 3.02. The Morgan fingerprint density at radius 2 is 2.10 bits per heavy atom. The maximum absolute atomic E-state index is 4.43. The van der Waals surface area contributed by atoms with Crippen LogP contribution < -0.4 is 5.32 Å². The van der Waals surface area contributed by atoms with Crippen LogP contribution in [-0.4, -0.2) is 21.1 Å². The largest absolute Gasteiger partial charge is 0.329 e. The first-order chi connectivity index (χ1) is 9.93. The van der Waals surface area contributed by atoms with Crippen molar-refractivity contribution in [1.82, 2.24) is 19.9 Å². The fourth-order valence-corrected chi connectivity index (χ4v) is 2.78. The molecular formula is C15H16N4S. The molecule has 3 rings (SSSR count). The minimum atomic E-state index is 0.796. The van der Waals surface area contributed by atoms with Crippen molar-refractivity contribution in [3.63, 3.8) is 0 Å². The van der Waals surface area contributed by atoms with Gasteiger partial charge in [0, 0.05) is 38.2 Å². The van der Waals surface area contributed by atoms with Gasteiger partial charge >= 0.3 is 0 Å². The predicted molar refractivity (Wildman–Crippen MR) is 81.5 cm³/mol. The van der Waals surface area contributed by atoms with Crippen LogP contribution in [-0.2, 0) is 13.1 Å². The molecule has 0 unspecified atom stereocenters. The van der Waals surface area contributed by atoms with Gasteiger partial charge in [-0.05, 0) is 23.6 Å². The van der Waals surface area contributed by atoms with Gasteiger partial charge < -0.3 is 9.88 Å². The van der Waals surface area contributed by atoms with Crippen molar-refractivity contribution in [2.75, 3.05) is 6.54 Å². The number of nitrogens with zero attached hydrogens (tertiary/aromatic N) is 3. The van der Waals surface area contributed by atoms with Crippen LogP contribution in [0.5, 0.6) is 0 Å². The van der Waals surface area contributed by atoms with Crippen LogP contribution in [0.2, 0.25) is 0 Å². The molecule has 0 saturated carbocycles. The van der Waals surface area contributed by atoms with E-state index in [0.29, 0.717) is 0 Å². The molecule has 4 nitrogen and oxygen atoms in total. The van der Waals surface area contributed by atoms with Gasteiger partial charge in [-0.15, -0.1) is 11.3 Å². The second kappa shape index (κ2) is 6.45. The highest BCUT2D eigenvalue weighted by atomic mass is 32.1. The van der Waals surface area contributed by atoms with Crippen molar-refractivity contribution >= 4 is 11.3 Å². The molecule has 1 N–H and O–H groups in total. The predicted octanol–water partition coefficient (Wildman–Crippen LogP) is 2.80. The maximum Gasteiger partial charge on any atom is 0.150 e. The number of imidazole rings is 1. The number of thiophene rings is 1. The summed E-state index contributed by atoms with van der Waals surface area (Å²) in [5, 5.41) is 5.48. The Morgan fingerprint density at radius 3 is 2.90 bits per heavy atom. The van der Waals surface area contributed by atoms with Gasteiger partial charge in [-0.2, -0.15) is 0 Å². The van der Waals surface area contributed by atoms with Crippen molar-refractivity contribution in [3.8, 4) is 10.7 Å². The van der Waals surface area contributed by atoms with E-state index in [-0.39, 0.29) is 0 Å². The van der Waals surface area contributed by atoms with Gasteiger partial charge in [0.2, 0.25) is 0 Å². The summed E-state index contributed by atoms with van der Waals surface area (Å²) in [6.45, 7) is 2.59. The van der Waals surface area contributed by atoms with Gasteiger partial charge in [0.1, 0.15) is 5.82 Å². The molecule has 0 radical (unpaired) electrons. The van der Waals surface area contributed by atoms with E-state index in [4.69, 9.17) is 0 Å². The number of nitrogens with one attached hydrogen (secondary N) is 1. The van der Waals surface area contributed by atoms with Gasteiger partial charge in [0.15, 0.2) is 0 Å². The number of hydrogen-bond donors (Lipinski definition) is 1. The van der Waals surface area contributed by atoms with E-state index in [2.05, 4.69) is 37.4 Å². The first-order valence-electron chi connectivity index (χ1n) is 6.59. The van der Waals surface area contributed by atoms with E-state index in [1.807, 2.05) is 36.8 Å². The number of pyridine rings is 1. The van der Waals surface area contributed by atoms with Crippen LogP contribution >= 0.6 is 11.3 Å². The van der Waals surface area contributed by atoms with Crippen molar-refractivity contribution < 1.29 is 0 Å². The van der Waals surface area contributed by atoms with Crippen LogP contribution in [0.25, 0.3) is 10.7 Å². The van der Waals surface area contributed by atoms with Crippen LogP contribution in [0.1, 0.15) is 5.69 Å². The van der Waals surface area contributed by atoms with E-state index < -0.39 is 0 Å². The summed E-state index contributed by atoms with van der Waals surface area (Å²) in [4.78, 5) is 9.93. The second-order valence-electron chi connectivity index (χ2n) is 4.42. The highest BCUT2D eigenvalue weighted by Gasteiger charge is 2.05. The molecule has 3 aromatic heterocycles. The van der Waals surface area contributed by atoms with E-state index >= 15 is 0 Å². The van der Waals surface area contributed by atoms with E-state index in [1.54, 1.807) is 11.3 Å². The fourth-order valence-electron chi connectivity index (χ4n) is 2.04. The minimum Gasteiger partial charge on any atom is -0.329 e. The smallest absolute Gasteiger partial charge is 0.150 e.